The van der Waals surface area contributed by atoms with Crippen LogP contribution >= 0.6 is 11.6 Å². The van der Waals surface area contributed by atoms with E-state index in [-0.39, 0.29) is 19.1 Å². The Balaban J connectivity index is 2.04. The van der Waals surface area contributed by atoms with Gasteiger partial charge in [-0.05, 0) is 31.0 Å². The molecule has 27 heavy (non-hydrogen) atoms. The summed E-state index contributed by atoms with van der Waals surface area (Å²) in [5, 5.41) is 20.2. The first kappa shape index (κ1) is 19.5. The number of aromatic nitrogens is 2. The molecule has 0 aliphatic carbocycles. The van der Waals surface area contributed by atoms with Gasteiger partial charge >= 0.3 is 0 Å². The fourth-order valence-electron chi connectivity index (χ4n) is 3.05. The number of hydrogen-bond donors (Lipinski definition) is 2. The molecule has 0 saturated carbocycles. The molecule has 0 radical (unpaired) electrons. The molecule has 2 aromatic rings. The van der Waals surface area contributed by atoms with E-state index in [1.807, 2.05) is 19.1 Å². The van der Waals surface area contributed by atoms with Gasteiger partial charge < -0.3 is 19.8 Å². The summed E-state index contributed by atoms with van der Waals surface area (Å²) in [6, 6.07) is 7.63. The van der Waals surface area contributed by atoms with Gasteiger partial charge in [0.1, 0.15) is 0 Å². The van der Waals surface area contributed by atoms with Crippen molar-refractivity contribution < 1.29 is 19.7 Å². The van der Waals surface area contributed by atoms with Crippen LogP contribution in [0.15, 0.2) is 24.3 Å². The molecular formula is C18H23ClN4O4. The van der Waals surface area contributed by atoms with Gasteiger partial charge in [0, 0.05) is 25.2 Å². The van der Waals surface area contributed by atoms with Crippen molar-refractivity contribution in [3.8, 4) is 6.01 Å². The average molecular weight is 395 g/mol. The molecule has 0 spiro atoms. The minimum Gasteiger partial charge on any atom is -0.465 e. The highest BCUT2D eigenvalue weighted by molar-refractivity contribution is 6.30. The highest BCUT2D eigenvalue weighted by Crippen LogP contribution is 2.33. The van der Waals surface area contributed by atoms with Crippen LogP contribution in [0.4, 0.5) is 5.82 Å². The van der Waals surface area contributed by atoms with Crippen LogP contribution in [0, 0.1) is 0 Å². The SMILES string of the molecule is CCOc1nc2c(n1Cc1ccc(Cl)cc1)C(=O)N(CCCO)C(O)N2C. The summed E-state index contributed by atoms with van der Waals surface area (Å²) in [6.07, 6.45) is -0.778. The van der Waals surface area contributed by atoms with Crippen LogP contribution in [0.25, 0.3) is 0 Å². The molecule has 9 heteroatoms. The second kappa shape index (κ2) is 8.16. The molecule has 0 bridgehead atoms. The number of aliphatic hydroxyl groups is 2. The number of halogens is 1. The minimum absolute atomic E-state index is 0.0682. The molecule has 1 atom stereocenters. The lowest BCUT2D eigenvalue weighted by atomic mass is 10.2. The van der Waals surface area contributed by atoms with Gasteiger partial charge in [-0.3, -0.25) is 14.3 Å². The van der Waals surface area contributed by atoms with Crippen LogP contribution in [0.5, 0.6) is 6.01 Å². The lowest BCUT2D eigenvalue weighted by Crippen LogP contribution is -2.54. The van der Waals surface area contributed by atoms with E-state index in [1.165, 1.54) is 9.80 Å². The van der Waals surface area contributed by atoms with E-state index in [2.05, 4.69) is 4.98 Å². The first-order valence-electron chi connectivity index (χ1n) is 8.78. The summed E-state index contributed by atoms with van der Waals surface area (Å²) in [6.45, 7) is 2.77. The third kappa shape index (κ3) is 3.73. The Hall–Kier alpha value is -2.29. The van der Waals surface area contributed by atoms with Gasteiger partial charge in [0.2, 0.25) is 6.35 Å². The number of fused-ring (bicyclic) bond motifs is 1. The largest absolute Gasteiger partial charge is 0.465 e. The molecule has 1 amide bonds. The van der Waals surface area contributed by atoms with Crippen LogP contribution in [-0.2, 0) is 6.54 Å². The van der Waals surface area contributed by atoms with Crippen molar-refractivity contribution in [3.63, 3.8) is 0 Å². The molecule has 1 aromatic carbocycles. The van der Waals surface area contributed by atoms with Crippen molar-refractivity contribution >= 4 is 23.3 Å². The Morgan fingerprint density at radius 2 is 2.00 bits per heavy atom. The first-order valence-corrected chi connectivity index (χ1v) is 9.16. The number of rotatable bonds is 7. The van der Waals surface area contributed by atoms with Crippen molar-refractivity contribution in [1.82, 2.24) is 14.5 Å². The van der Waals surface area contributed by atoms with Crippen LogP contribution in [0.3, 0.4) is 0 Å². The molecule has 0 saturated heterocycles. The number of benzene rings is 1. The van der Waals surface area contributed by atoms with E-state index in [4.69, 9.17) is 21.4 Å². The first-order chi connectivity index (χ1) is 13.0. The number of nitrogens with zero attached hydrogens (tertiary/aromatic N) is 4. The summed E-state index contributed by atoms with van der Waals surface area (Å²) in [5.41, 5.74) is 1.28. The van der Waals surface area contributed by atoms with Crippen molar-refractivity contribution in [2.45, 2.75) is 26.2 Å². The van der Waals surface area contributed by atoms with Crippen molar-refractivity contribution in [1.29, 1.82) is 0 Å². The van der Waals surface area contributed by atoms with Gasteiger partial charge in [0.05, 0.1) is 13.2 Å². The number of carbonyl (C=O) groups is 1. The molecule has 1 aromatic heterocycles. The molecule has 146 valence electrons. The van der Waals surface area contributed by atoms with Crippen LogP contribution in [0.1, 0.15) is 29.4 Å². The minimum atomic E-state index is -1.15. The molecule has 1 unspecified atom stereocenters. The summed E-state index contributed by atoms with van der Waals surface area (Å²) < 4.78 is 7.35. The molecule has 1 aliphatic heterocycles. The lowest BCUT2D eigenvalue weighted by Gasteiger charge is -2.38. The summed E-state index contributed by atoms with van der Waals surface area (Å²) in [7, 11) is 1.66. The number of amides is 1. The smallest absolute Gasteiger partial charge is 0.299 e. The van der Waals surface area contributed by atoms with E-state index in [0.717, 1.165) is 5.56 Å². The zero-order valence-corrected chi connectivity index (χ0v) is 16.1. The molecule has 2 heterocycles. The Kier molecular flexibility index (Phi) is 5.88. The van der Waals surface area contributed by atoms with E-state index >= 15 is 0 Å². The maximum atomic E-state index is 13.1. The monoisotopic (exact) mass is 394 g/mol. The second-order valence-corrected chi connectivity index (χ2v) is 6.68. The number of imidazole rings is 1. The van der Waals surface area contributed by atoms with Gasteiger partial charge in [0.25, 0.3) is 11.9 Å². The van der Waals surface area contributed by atoms with Gasteiger partial charge in [-0.2, -0.15) is 4.98 Å². The van der Waals surface area contributed by atoms with E-state index in [9.17, 15) is 9.90 Å². The maximum Gasteiger partial charge on any atom is 0.299 e. The van der Waals surface area contributed by atoms with Crippen LogP contribution in [0.2, 0.25) is 5.02 Å². The highest BCUT2D eigenvalue weighted by atomic mass is 35.5. The number of hydrogen-bond acceptors (Lipinski definition) is 6. The molecule has 1 aliphatic rings. The summed E-state index contributed by atoms with van der Waals surface area (Å²) in [5.74, 6) is 0.0154. The standard InChI is InChI=1S/C18H23ClN4O4/c1-3-27-17-20-15-14(23(17)11-12-5-7-13(19)8-6-12)16(25)22(9-4-10-24)18(26)21(15)2/h5-8,18,24,26H,3-4,9-11H2,1-2H3. The lowest BCUT2D eigenvalue weighted by molar-refractivity contribution is 0.00112. The fourth-order valence-corrected chi connectivity index (χ4v) is 3.18. The molecular weight excluding hydrogens is 372 g/mol. The molecule has 3 rings (SSSR count). The zero-order valence-electron chi connectivity index (χ0n) is 15.3. The predicted octanol–water partition coefficient (Wildman–Crippen LogP) is 1.53. The highest BCUT2D eigenvalue weighted by Gasteiger charge is 2.39. The molecule has 0 fully saturated rings. The normalized spacial score (nSPS) is 16.6. The van der Waals surface area contributed by atoms with Crippen molar-refractivity contribution in [2.75, 3.05) is 31.7 Å². The van der Waals surface area contributed by atoms with Gasteiger partial charge in [0.15, 0.2) is 11.5 Å². The number of carbonyl (C=O) groups excluding carboxylic acids is 1. The van der Waals surface area contributed by atoms with Crippen LogP contribution < -0.4 is 9.64 Å². The maximum absolute atomic E-state index is 13.1. The Morgan fingerprint density at radius 1 is 1.30 bits per heavy atom. The number of ether oxygens (including phenoxy) is 1. The Labute approximate surface area is 162 Å². The third-order valence-electron chi connectivity index (χ3n) is 4.42. The number of anilines is 1. The van der Waals surface area contributed by atoms with Gasteiger partial charge in [-0.25, -0.2) is 0 Å². The van der Waals surface area contributed by atoms with E-state index in [1.54, 1.807) is 23.7 Å². The number of aliphatic hydroxyl groups excluding tert-OH is 2. The fraction of sp³-hybridized carbons (Fsp3) is 0.444. The Bertz CT molecular complexity index is 808. The quantitative estimate of drug-likeness (QED) is 0.740. The summed E-state index contributed by atoms with van der Waals surface area (Å²) in [4.78, 5) is 20.4. The van der Waals surface area contributed by atoms with Crippen molar-refractivity contribution in [3.05, 3.63) is 40.5 Å². The van der Waals surface area contributed by atoms with Gasteiger partial charge in [-0.15, -0.1) is 0 Å². The molecule has 2 N–H and O–H groups in total. The zero-order chi connectivity index (χ0) is 19.6. The van der Waals surface area contributed by atoms with E-state index < -0.39 is 6.35 Å². The topological polar surface area (TPSA) is 91.1 Å². The third-order valence-corrected chi connectivity index (χ3v) is 4.67. The Morgan fingerprint density at radius 3 is 2.63 bits per heavy atom. The predicted molar refractivity (Wildman–Crippen MR) is 101 cm³/mol. The van der Waals surface area contributed by atoms with E-state index in [0.29, 0.717) is 42.1 Å². The van der Waals surface area contributed by atoms with Crippen molar-refractivity contribution in [2.24, 2.45) is 0 Å². The van der Waals surface area contributed by atoms with Crippen LogP contribution in [-0.4, -0.2) is 63.7 Å². The summed E-state index contributed by atoms with van der Waals surface area (Å²) >= 11 is 5.96. The molecule has 8 nitrogen and oxygen atoms in total. The average Bonchev–Trinajstić information content (AvgIpc) is 3.00. The second-order valence-electron chi connectivity index (χ2n) is 6.25. The van der Waals surface area contributed by atoms with Gasteiger partial charge in [-0.1, -0.05) is 23.7 Å².